The molecule has 2 heterocycles. The molecular weight excluding hydrogens is 365 g/mol. The van der Waals surface area contributed by atoms with Crippen LogP contribution >= 0.6 is 11.6 Å². The standard InChI is InChI=1S/C21H19ClFN3O/c1-14-12-20(18-7-6-17(23)13-19(18)24-14)25-8-10-26(11-9-25)21(27)15-2-4-16(22)5-3-15/h2-7,12-13H,8-11H2,1H3. The highest BCUT2D eigenvalue weighted by atomic mass is 35.5. The number of nitrogens with zero attached hydrogens (tertiary/aromatic N) is 3. The Bertz CT molecular complexity index is 993. The molecule has 0 bridgehead atoms. The number of rotatable bonds is 2. The number of benzene rings is 2. The lowest BCUT2D eigenvalue weighted by molar-refractivity contribution is 0.0747. The molecule has 2 aromatic carbocycles. The first-order chi connectivity index (χ1) is 13.0. The molecule has 1 amide bonds. The number of carbonyl (C=O) groups excluding carboxylic acids is 1. The first kappa shape index (κ1) is 17.7. The highest BCUT2D eigenvalue weighted by Gasteiger charge is 2.23. The minimum Gasteiger partial charge on any atom is -0.367 e. The molecule has 4 rings (SSSR count). The van der Waals surface area contributed by atoms with Crippen molar-refractivity contribution < 1.29 is 9.18 Å². The van der Waals surface area contributed by atoms with Crippen LogP contribution in [0.4, 0.5) is 10.1 Å². The Morgan fingerprint density at radius 3 is 2.44 bits per heavy atom. The minimum absolute atomic E-state index is 0.0177. The van der Waals surface area contributed by atoms with E-state index < -0.39 is 0 Å². The van der Waals surface area contributed by atoms with Crippen LogP contribution in [-0.4, -0.2) is 42.0 Å². The molecule has 1 fully saturated rings. The molecule has 4 nitrogen and oxygen atoms in total. The molecule has 0 atom stereocenters. The summed E-state index contributed by atoms with van der Waals surface area (Å²) >= 11 is 5.90. The van der Waals surface area contributed by atoms with Crippen molar-refractivity contribution in [1.29, 1.82) is 0 Å². The number of piperazine rings is 1. The lowest BCUT2D eigenvalue weighted by Crippen LogP contribution is -2.48. The Morgan fingerprint density at radius 1 is 1.04 bits per heavy atom. The quantitative estimate of drug-likeness (QED) is 0.662. The van der Waals surface area contributed by atoms with E-state index in [1.165, 1.54) is 12.1 Å². The van der Waals surface area contributed by atoms with Crippen LogP contribution in [0.3, 0.4) is 0 Å². The number of carbonyl (C=O) groups is 1. The zero-order chi connectivity index (χ0) is 19.0. The maximum atomic E-state index is 13.6. The van der Waals surface area contributed by atoms with Gasteiger partial charge < -0.3 is 9.80 Å². The third-order valence-corrected chi connectivity index (χ3v) is 5.13. The van der Waals surface area contributed by atoms with E-state index >= 15 is 0 Å². The molecule has 1 aromatic heterocycles. The summed E-state index contributed by atoms with van der Waals surface area (Å²) in [7, 11) is 0. The Balaban J connectivity index is 1.53. The van der Waals surface area contributed by atoms with E-state index in [0.29, 0.717) is 29.2 Å². The van der Waals surface area contributed by atoms with E-state index in [9.17, 15) is 9.18 Å². The van der Waals surface area contributed by atoms with Crippen molar-refractivity contribution >= 4 is 34.1 Å². The fraction of sp³-hybridized carbons (Fsp3) is 0.238. The van der Waals surface area contributed by atoms with Gasteiger partial charge in [0, 0.05) is 59.6 Å². The third-order valence-electron chi connectivity index (χ3n) is 4.88. The first-order valence-corrected chi connectivity index (χ1v) is 9.26. The minimum atomic E-state index is -0.287. The molecule has 27 heavy (non-hydrogen) atoms. The van der Waals surface area contributed by atoms with E-state index in [1.807, 2.05) is 17.9 Å². The summed E-state index contributed by atoms with van der Waals surface area (Å²) in [5.74, 6) is -0.269. The monoisotopic (exact) mass is 383 g/mol. The summed E-state index contributed by atoms with van der Waals surface area (Å²) in [4.78, 5) is 21.2. The number of hydrogen-bond acceptors (Lipinski definition) is 3. The number of amides is 1. The van der Waals surface area contributed by atoms with Gasteiger partial charge in [0.2, 0.25) is 0 Å². The van der Waals surface area contributed by atoms with Gasteiger partial charge in [0.05, 0.1) is 5.52 Å². The van der Waals surface area contributed by atoms with Crippen molar-refractivity contribution in [2.24, 2.45) is 0 Å². The van der Waals surface area contributed by atoms with Crippen LogP contribution < -0.4 is 4.90 Å². The van der Waals surface area contributed by atoms with Gasteiger partial charge in [-0.3, -0.25) is 9.78 Å². The molecule has 1 saturated heterocycles. The van der Waals surface area contributed by atoms with Gasteiger partial charge in [-0.1, -0.05) is 11.6 Å². The molecule has 1 aliphatic rings. The number of pyridine rings is 1. The lowest BCUT2D eigenvalue weighted by Gasteiger charge is -2.36. The predicted molar refractivity (Wildman–Crippen MR) is 106 cm³/mol. The van der Waals surface area contributed by atoms with Gasteiger partial charge in [0.15, 0.2) is 0 Å². The number of aromatic nitrogens is 1. The molecule has 0 N–H and O–H groups in total. The Hall–Kier alpha value is -2.66. The Labute approximate surface area is 162 Å². The van der Waals surface area contributed by atoms with Crippen molar-refractivity contribution in [3.8, 4) is 0 Å². The van der Waals surface area contributed by atoms with Crippen LogP contribution in [0.5, 0.6) is 0 Å². The summed E-state index contributed by atoms with van der Waals surface area (Å²) in [6.07, 6.45) is 0. The van der Waals surface area contributed by atoms with Gasteiger partial charge in [0.25, 0.3) is 5.91 Å². The second-order valence-electron chi connectivity index (χ2n) is 6.73. The van der Waals surface area contributed by atoms with Crippen molar-refractivity contribution in [2.75, 3.05) is 31.1 Å². The summed E-state index contributed by atoms with van der Waals surface area (Å²) < 4.78 is 13.6. The maximum Gasteiger partial charge on any atom is 0.253 e. The molecule has 0 aliphatic carbocycles. The molecule has 3 aromatic rings. The highest BCUT2D eigenvalue weighted by Crippen LogP contribution is 2.28. The summed E-state index contributed by atoms with van der Waals surface area (Å²) in [6, 6.07) is 13.7. The number of anilines is 1. The maximum absolute atomic E-state index is 13.6. The SMILES string of the molecule is Cc1cc(N2CCN(C(=O)c3ccc(Cl)cc3)CC2)c2ccc(F)cc2n1. The zero-order valence-corrected chi connectivity index (χ0v) is 15.7. The Kier molecular flexibility index (Phi) is 4.70. The van der Waals surface area contributed by atoms with E-state index in [2.05, 4.69) is 9.88 Å². The predicted octanol–water partition coefficient (Wildman–Crippen LogP) is 4.30. The van der Waals surface area contributed by atoms with Gasteiger partial charge in [-0.15, -0.1) is 0 Å². The number of hydrogen-bond donors (Lipinski definition) is 0. The van der Waals surface area contributed by atoms with Crippen molar-refractivity contribution in [3.05, 3.63) is 70.6 Å². The van der Waals surface area contributed by atoms with Crippen molar-refractivity contribution in [2.45, 2.75) is 6.92 Å². The molecule has 0 saturated carbocycles. The van der Waals surface area contributed by atoms with E-state index in [0.717, 1.165) is 29.9 Å². The average molecular weight is 384 g/mol. The van der Waals surface area contributed by atoms with E-state index in [-0.39, 0.29) is 11.7 Å². The van der Waals surface area contributed by atoms with E-state index in [4.69, 9.17) is 11.6 Å². The zero-order valence-electron chi connectivity index (χ0n) is 15.0. The fourth-order valence-electron chi connectivity index (χ4n) is 3.50. The smallest absolute Gasteiger partial charge is 0.253 e. The van der Waals surface area contributed by atoms with Crippen molar-refractivity contribution in [3.63, 3.8) is 0 Å². The number of aryl methyl sites for hydroxylation is 1. The average Bonchev–Trinajstić information content (AvgIpc) is 2.67. The summed E-state index contributed by atoms with van der Waals surface area (Å²) in [5.41, 5.74) is 3.19. The number of fused-ring (bicyclic) bond motifs is 1. The molecule has 138 valence electrons. The second-order valence-corrected chi connectivity index (χ2v) is 7.17. The highest BCUT2D eigenvalue weighted by molar-refractivity contribution is 6.30. The number of halogens is 2. The first-order valence-electron chi connectivity index (χ1n) is 8.88. The molecule has 1 aliphatic heterocycles. The van der Waals surface area contributed by atoms with Crippen molar-refractivity contribution in [1.82, 2.24) is 9.88 Å². The Morgan fingerprint density at radius 2 is 1.74 bits per heavy atom. The fourth-order valence-corrected chi connectivity index (χ4v) is 3.62. The van der Waals surface area contributed by atoms with E-state index in [1.54, 1.807) is 30.3 Å². The van der Waals surface area contributed by atoms with Gasteiger partial charge in [0.1, 0.15) is 5.82 Å². The molecule has 0 unspecified atom stereocenters. The van der Waals surface area contributed by atoms with Crippen LogP contribution in [-0.2, 0) is 0 Å². The second kappa shape index (κ2) is 7.16. The summed E-state index contributed by atoms with van der Waals surface area (Å²) in [6.45, 7) is 4.61. The molecule has 0 spiro atoms. The van der Waals surface area contributed by atoms with Crippen LogP contribution in [0.25, 0.3) is 10.9 Å². The molecule has 6 heteroatoms. The van der Waals surface area contributed by atoms with Crippen LogP contribution in [0, 0.1) is 12.7 Å². The van der Waals surface area contributed by atoms with Crippen LogP contribution in [0.15, 0.2) is 48.5 Å². The van der Waals surface area contributed by atoms with Gasteiger partial charge in [-0.2, -0.15) is 0 Å². The molecule has 0 radical (unpaired) electrons. The van der Waals surface area contributed by atoms with Crippen LogP contribution in [0.1, 0.15) is 16.1 Å². The van der Waals surface area contributed by atoms with Gasteiger partial charge in [-0.25, -0.2) is 4.39 Å². The lowest BCUT2D eigenvalue weighted by atomic mass is 10.1. The van der Waals surface area contributed by atoms with Gasteiger partial charge >= 0.3 is 0 Å². The summed E-state index contributed by atoms with van der Waals surface area (Å²) in [5, 5.41) is 1.55. The molecular formula is C21H19ClFN3O. The topological polar surface area (TPSA) is 36.4 Å². The van der Waals surface area contributed by atoms with Crippen LogP contribution in [0.2, 0.25) is 5.02 Å². The normalized spacial score (nSPS) is 14.6. The van der Waals surface area contributed by atoms with Gasteiger partial charge in [-0.05, 0) is 49.4 Å². The largest absolute Gasteiger partial charge is 0.367 e. The third kappa shape index (κ3) is 3.60.